The van der Waals surface area contributed by atoms with E-state index in [1.165, 1.54) is 16.8 Å². The van der Waals surface area contributed by atoms with Crippen molar-refractivity contribution in [3.8, 4) is 11.4 Å². The highest BCUT2D eigenvalue weighted by atomic mass is 35.5. The lowest BCUT2D eigenvalue weighted by molar-refractivity contribution is -0.137. The van der Waals surface area contributed by atoms with Gasteiger partial charge in [0.05, 0.1) is 24.1 Å². The summed E-state index contributed by atoms with van der Waals surface area (Å²) in [7, 11) is 1.59. The van der Waals surface area contributed by atoms with E-state index < -0.39 is 11.7 Å². The Morgan fingerprint density at radius 2 is 2.00 bits per heavy atom. The van der Waals surface area contributed by atoms with Crippen LogP contribution in [-0.2, 0) is 19.0 Å². The van der Waals surface area contributed by atoms with Gasteiger partial charge in [-0.15, -0.1) is 0 Å². The maximum atomic E-state index is 13.6. The number of aromatic nitrogens is 2. The van der Waals surface area contributed by atoms with Crippen molar-refractivity contribution in [3.05, 3.63) is 69.9 Å². The van der Waals surface area contributed by atoms with Crippen LogP contribution in [0.2, 0.25) is 5.02 Å². The van der Waals surface area contributed by atoms with Crippen LogP contribution in [0.4, 0.5) is 19.0 Å². The first-order valence-electron chi connectivity index (χ1n) is 8.72. The summed E-state index contributed by atoms with van der Waals surface area (Å²) in [4.78, 5) is 0. The number of para-hydroxylation sites is 1. The number of halogens is 4. The van der Waals surface area contributed by atoms with Crippen LogP contribution in [0, 0.1) is 0 Å². The molecule has 4 nitrogen and oxygen atoms in total. The number of ether oxygens (including phenoxy) is 1. The number of rotatable bonds is 4. The van der Waals surface area contributed by atoms with Gasteiger partial charge in [-0.3, -0.25) is 0 Å². The van der Waals surface area contributed by atoms with Crippen molar-refractivity contribution in [1.82, 2.24) is 9.78 Å². The zero-order chi connectivity index (χ0) is 19.9. The number of fused-ring (bicyclic) bond motifs is 1. The lowest BCUT2D eigenvalue weighted by atomic mass is 10.0. The third-order valence-corrected chi connectivity index (χ3v) is 5.01. The van der Waals surface area contributed by atoms with Gasteiger partial charge in [-0.1, -0.05) is 29.8 Å². The molecule has 1 aliphatic rings. The van der Waals surface area contributed by atoms with E-state index in [1.807, 2.05) is 24.3 Å². The number of alkyl halides is 3. The molecule has 0 amide bonds. The first-order chi connectivity index (χ1) is 13.4. The van der Waals surface area contributed by atoms with Crippen LogP contribution < -0.4 is 10.1 Å². The highest BCUT2D eigenvalue weighted by Crippen LogP contribution is 2.38. The number of anilines is 1. The van der Waals surface area contributed by atoms with Crippen molar-refractivity contribution in [2.24, 2.45) is 0 Å². The lowest BCUT2D eigenvalue weighted by Gasteiger charge is -2.15. The normalized spacial score (nSPS) is 13.3. The number of hydrogen-bond acceptors (Lipinski definition) is 3. The van der Waals surface area contributed by atoms with Gasteiger partial charge in [-0.2, -0.15) is 18.3 Å². The van der Waals surface area contributed by atoms with Gasteiger partial charge in [0.2, 0.25) is 0 Å². The topological polar surface area (TPSA) is 39.1 Å². The summed E-state index contributed by atoms with van der Waals surface area (Å²) in [6, 6.07) is 11.3. The first-order valence-corrected chi connectivity index (χ1v) is 9.10. The SMILES string of the molecule is COc1ccccc1Cc1nn(-c2ccc(Cl)cc2C(F)(F)F)c2c1CCN2. The van der Waals surface area contributed by atoms with Gasteiger partial charge in [0.25, 0.3) is 0 Å². The molecule has 0 atom stereocenters. The van der Waals surface area contributed by atoms with E-state index in [4.69, 9.17) is 16.3 Å². The van der Waals surface area contributed by atoms with E-state index in [9.17, 15) is 13.2 Å². The van der Waals surface area contributed by atoms with Gasteiger partial charge in [-0.05, 0) is 30.7 Å². The second kappa shape index (κ2) is 7.05. The third-order valence-electron chi connectivity index (χ3n) is 4.78. The number of nitrogens with one attached hydrogen (secondary N) is 1. The summed E-state index contributed by atoms with van der Waals surface area (Å²) in [5, 5.41) is 7.73. The van der Waals surface area contributed by atoms with Gasteiger partial charge < -0.3 is 10.1 Å². The van der Waals surface area contributed by atoms with Crippen LogP contribution in [0.15, 0.2) is 42.5 Å². The van der Waals surface area contributed by atoms with Crippen molar-refractivity contribution < 1.29 is 17.9 Å². The molecule has 0 bridgehead atoms. The molecule has 1 N–H and O–H groups in total. The molecule has 0 saturated heterocycles. The standard InChI is InChI=1S/C20H17ClF3N3O/c1-28-18-5-3-2-4-12(18)10-16-14-8-9-25-19(14)27(26-16)17-7-6-13(21)11-15(17)20(22,23)24/h2-7,11,25H,8-10H2,1H3. The molecule has 28 heavy (non-hydrogen) atoms. The second-order valence-corrected chi connectivity index (χ2v) is 6.95. The fourth-order valence-electron chi connectivity index (χ4n) is 3.51. The Kier molecular flexibility index (Phi) is 4.71. The Bertz CT molecular complexity index is 1030. The van der Waals surface area contributed by atoms with Crippen LogP contribution in [0.25, 0.3) is 5.69 Å². The predicted molar refractivity (Wildman–Crippen MR) is 102 cm³/mol. The van der Waals surface area contributed by atoms with Crippen LogP contribution in [-0.4, -0.2) is 23.4 Å². The van der Waals surface area contributed by atoms with Crippen LogP contribution in [0.1, 0.15) is 22.4 Å². The highest BCUT2D eigenvalue weighted by Gasteiger charge is 2.36. The summed E-state index contributed by atoms with van der Waals surface area (Å²) < 4.78 is 47.5. The first kappa shape index (κ1) is 18.7. The fourth-order valence-corrected chi connectivity index (χ4v) is 3.68. The predicted octanol–water partition coefficient (Wildman–Crippen LogP) is 5.11. The Hall–Kier alpha value is -2.67. The molecule has 2 heterocycles. The molecule has 4 rings (SSSR count). The molecule has 3 aromatic rings. The second-order valence-electron chi connectivity index (χ2n) is 6.51. The molecular formula is C20H17ClF3N3O. The fraction of sp³-hybridized carbons (Fsp3) is 0.250. The molecule has 0 saturated carbocycles. The zero-order valence-electron chi connectivity index (χ0n) is 15.0. The number of methoxy groups -OCH3 is 1. The summed E-state index contributed by atoms with van der Waals surface area (Å²) >= 11 is 5.81. The monoisotopic (exact) mass is 407 g/mol. The van der Waals surface area contributed by atoms with Gasteiger partial charge >= 0.3 is 6.18 Å². The summed E-state index contributed by atoms with van der Waals surface area (Å²) in [6.45, 7) is 0.654. The van der Waals surface area contributed by atoms with Gasteiger partial charge in [-0.25, -0.2) is 4.68 Å². The van der Waals surface area contributed by atoms with E-state index in [0.29, 0.717) is 25.2 Å². The Labute approximate surface area is 164 Å². The van der Waals surface area contributed by atoms with Gasteiger partial charge in [0.1, 0.15) is 11.6 Å². The van der Waals surface area contributed by atoms with E-state index >= 15 is 0 Å². The zero-order valence-corrected chi connectivity index (χ0v) is 15.7. The Balaban J connectivity index is 1.83. The highest BCUT2D eigenvalue weighted by molar-refractivity contribution is 6.30. The molecule has 1 aliphatic heterocycles. The van der Waals surface area contributed by atoms with Crippen LogP contribution >= 0.6 is 11.6 Å². The minimum atomic E-state index is -4.54. The quantitative estimate of drug-likeness (QED) is 0.653. The van der Waals surface area contributed by atoms with Gasteiger partial charge in [0, 0.05) is 29.1 Å². The summed E-state index contributed by atoms with van der Waals surface area (Å²) in [6.07, 6.45) is -3.37. The average Bonchev–Trinajstić information content (AvgIpc) is 3.25. The number of hydrogen-bond donors (Lipinski definition) is 1. The van der Waals surface area contributed by atoms with Crippen molar-refractivity contribution in [2.45, 2.75) is 19.0 Å². The molecule has 0 unspecified atom stereocenters. The largest absolute Gasteiger partial charge is 0.496 e. The molecule has 0 fully saturated rings. The minimum absolute atomic E-state index is 0.0297. The Morgan fingerprint density at radius 3 is 2.75 bits per heavy atom. The van der Waals surface area contributed by atoms with E-state index in [2.05, 4.69) is 10.4 Å². The molecular weight excluding hydrogens is 391 g/mol. The molecule has 1 aromatic heterocycles. The average molecular weight is 408 g/mol. The van der Waals surface area contributed by atoms with E-state index in [1.54, 1.807) is 7.11 Å². The molecule has 0 radical (unpaired) electrons. The maximum absolute atomic E-state index is 13.6. The number of nitrogens with zero attached hydrogens (tertiary/aromatic N) is 2. The summed E-state index contributed by atoms with van der Waals surface area (Å²) in [5.41, 5.74) is 1.72. The molecule has 0 spiro atoms. The molecule has 146 valence electrons. The molecule has 0 aliphatic carbocycles. The van der Waals surface area contributed by atoms with Crippen LogP contribution in [0.3, 0.4) is 0 Å². The van der Waals surface area contributed by atoms with Crippen molar-refractivity contribution in [2.75, 3.05) is 19.0 Å². The van der Waals surface area contributed by atoms with E-state index in [0.717, 1.165) is 28.6 Å². The minimum Gasteiger partial charge on any atom is -0.496 e. The lowest BCUT2D eigenvalue weighted by Crippen LogP contribution is -2.13. The smallest absolute Gasteiger partial charge is 0.418 e. The third kappa shape index (κ3) is 3.30. The van der Waals surface area contributed by atoms with Crippen LogP contribution in [0.5, 0.6) is 5.75 Å². The van der Waals surface area contributed by atoms with Gasteiger partial charge in [0.15, 0.2) is 0 Å². The van der Waals surface area contributed by atoms with Crippen molar-refractivity contribution in [1.29, 1.82) is 0 Å². The van der Waals surface area contributed by atoms with E-state index in [-0.39, 0.29) is 10.7 Å². The maximum Gasteiger partial charge on any atom is 0.418 e. The Morgan fingerprint density at radius 1 is 1.21 bits per heavy atom. The summed E-state index contributed by atoms with van der Waals surface area (Å²) in [5.74, 6) is 1.32. The van der Waals surface area contributed by atoms with Crippen molar-refractivity contribution in [3.63, 3.8) is 0 Å². The molecule has 8 heteroatoms. The number of benzene rings is 2. The molecule has 2 aromatic carbocycles. The van der Waals surface area contributed by atoms with Crippen molar-refractivity contribution >= 4 is 17.4 Å².